The van der Waals surface area contributed by atoms with Gasteiger partial charge in [0, 0.05) is 10.7 Å². The number of aliphatic carboxylic acids is 1. The number of halogens is 1. The van der Waals surface area contributed by atoms with Crippen molar-refractivity contribution < 1.29 is 9.90 Å². The van der Waals surface area contributed by atoms with Gasteiger partial charge in [-0.05, 0) is 27.6 Å². The molecule has 2 N–H and O–H groups in total. The third-order valence-electron chi connectivity index (χ3n) is 2.40. The van der Waals surface area contributed by atoms with E-state index in [-0.39, 0.29) is 0 Å². The van der Waals surface area contributed by atoms with Crippen molar-refractivity contribution in [3.05, 3.63) is 58.8 Å². The van der Waals surface area contributed by atoms with E-state index in [1.165, 1.54) is 0 Å². The molecule has 0 saturated heterocycles. The number of hydrogen-bond acceptors (Lipinski definition) is 3. The monoisotopic (exact) mass is 306 g/mol. The van der Waals surface area contributed by atoms with Crippen molar-refractivity contribution in [2.45, 2.75) is 6.04 Å². The van der Waals surface area contributed by atoms with Crippen LogP contribution in [-0.4, -0.2) is 16.1 Å². The van der Waals surface area contributed by atoms with Crippen LogP contribution in [0.4, 0.5) is 5.69 Å². The highest BCUT2D eigenvalue weighted by Crippen LogP contribution is 2.21. The van der Waals surface area contributed by atoms with Crippen LogP contribution >= 0.6 is 15.9 Å². The van der Waals surface area contributed by atoms with Gasteiger partial charge in [-0.15, -0.1) is 0 Å². The first-order valence-corrected chi connectivity index (χ1v) is 6.11. The van der Waals surface area contributed by atoms with Crippen LogP contribution in [0.15, 0.2) is 53.3 Å². The van der Waals surface area contributed by atoms with E-state index in [0.29, 0.717) is 11.3 Å². The van der Waals surface area contributed by atoms with Gasteiger partial charge < -0.3 is 10.4 Å². The molecule has 0 saturated carbocycles. The largest absolute Gasteiger partial charge is 0.479 e. The van der Waals surface area contributed by atoms with Gasteiger partial charge >= 0.3 is 5.97 Å². The number of aromatic nitrogens is 1. The van der Waals surface area contributed by atoms with Gasteiger partial charge in [0.2, 0.25) is 0 Å². The molecule has 1 atom stereocenters. The maximum Gasteiger partial charge on any atom is 0.330 e. The van der Waals surface area contributed by atoms with E-state index in [1.54, 1.807) is 30.6 Å². The first-order valence-electron chi connectivity index (χ1n) is 5.31. The second-order valence-corrected chi connectivity index (χ2v) is 4.63. The lowest BCUT2D eigenvalue weighted by Gasteiger charge is -2.15. The SMILES string of the molecule is O=C(O)C(Nc1cncc(Br)c1)c1ccccc1. The fourth-order valence-electron chi connectivity index (χ4n) is 1.59. The molecule has 92 valence electrons. The molecule has 1 aromatic carbocycles. The topological polar surface area (TPSA) is 62.2 Å². The van der Waals surface area contributed by atoms with Crippen molar-refractivity contribution in [2.75, 3.05) is 5.32 Å². The van der Waals surface area contributed by atoms with Crippen LogP contribution in [0.3, 0.4) is 0 Å². The molecule has 4 nitrogen and oxygen atoms in total. The first-order chi connectivity index (χ1) is 8.66. The second kappa shape index (κ2) is 5.64. The van der Waals surface area contributed by atoms with E-state index >= 15 is 0 Å². The minimum atomic E-state index is -0.929. The molecular weight excluding hydrogens is 296 g/mol. The Bertz CT molecular complexity index is 546. The average molecular weight is 307 g/mol. The normalized spacial score (nSPS) is 11.8. The van der Waals surface area contributed by atoms with Crippen LogP contribution in [0.1, 0.15) is 11.6 Å². The molecule has 1 unspecified atom stereocenters. The zero-order valence-corrected chi connectivity index (χ0v) is 11.0. The fraction of sp³-hybridized carbons (Fsp3) is 0.0769. The third-order valence-corrected chi connectivity index (χ3v) is 2.83. The fourth-order valence-corrected chi connectivity index (χ4v) is 1.96. The van der Waals surface area contributed by atoms with E-state index < -0.39 is 12.0 Å². The highest BCUT2D eigenvalue weighted by Gasteiger charge is 2.19. The van der Waals surface area contributed by atoms with Crippen LogP contribution in [0, 0.1) is 0 Å². The standard InChI is InChI=1S/C13H11BrN2O2/c14-10-6-11(8-15-7-10)16-12(13(17)18)9-4-2-1-3-5-9/h1-8,12,16H,(H,17,18). The summed E-state index contributed by atoms with van der Waals surface area (Å²) < 4.78 is 0.796. The van der Waals surface area contributed by atoms with Crippen molar-refractivity contribution in [2.24, 2.45) is 0 Å². The van der Waals surface area contributed by atoms with E-state index in [2.05, 4.69) is 26.2 Å². The van der Waals surface area contributed by atoms with Crippen LogP contribution < -0.4 is 5.32 Å². The van der Waals surface area contributed by atoms with Crippen molar-refractivity contribution in [3.8, 4) is 0 Å². The van der Waals surface area contributed by atoms with Crippen molar-refractivity contribution in [3.63, 3.8) is 0 Å². The summed E-state index contributed by atoms with van der Waals surface area (Å²) in [7, 11) is 0. The summed E-state index contributed by atoms with van der Waals surface area (Å²) in [5.41, 5.74) is 1.35. The Labute approximate surface area is 113 Å². The molecule has 2 rings (SSSR count). The highest BCUT2D eigenvalue weighted by atomic mass is 79.9. The van der Waals surface area contributed by atoms with Gasteiger partial charge in [0.05, 0.1) is 11.9 Å². The minimum Gasteiger partial charge on any atom is -0.479 e. The molecule has 18 heavy (non-hydrogen) atoms. The van der Waals surface area contributed by atoms with Gasteiger partial charge in [0.15, 0.2) is 6.04 Å². The quantitative estimate of drug-likeness (QED) is 0.911. The number of pyridine rings is 1. The lowest BCUT2D eigenvalue weighted by atomic mass is 10.1. The minimum absolute atomic E-state index is 0.653. The Morgan fingerprint density at radius 3 is 2.61 bits per heavy atom. The zero-order valence-electron chi connectivity index (χ0n) is 9.38. The Kier molecular flexibility index (Phi) is 3.94. The summed E-state index contributed by atoms with van der Waals surface area (Å²) in [6.07, 6.45) is 3.23. The van der Waals surface area contributed by atoms with Crippen molar-refractivity contribution in [1.29, 1.82) is 0 Å². The number of nitrogens with one attached hydrogen (secondary N) is 1. The average Bonchev–Trinajstić information content (AvgIpc) is 2.37. The number of nitrogens with zero attached hydrogens (tertiary/aromatic N) is 1. The number of hydrogen-bond donors (Lipinski definition) is 2. The van der Waals surface area contributed by atoms with E-state index in [0.717, 1.165) is 4.47 Å². The van der Waals surface area contributed by atoms with Gasteiger partial charge in [0.1, 0.15) is 0 Å². The molecule has 0 spiro atoms. The van der Waals surface area contributed by atoms with E-state index in [4.69, 9.17) is 0 Å². The molecule has 0 fully saturated rings. The number of anilines is 1. The number of rotatable bonds is 4. The smallest absolute Gasteiger partial charge is 0.330 e. The highest BCUT2D eigenvalue weighted by molar-refractivity contribution is 9.10. The van der Waals surface area contributed by atoms with E-state index in [9.17, 15) is 9.90 Å². The van der Waals surface area contributed by atoms with Crippen molar-refractivity contribution >= 4 is 27.6 Å². The Hall–Kier alpha value is -1.88. The molecule has 5 heteroatoms. The Morgan fingerprint density at radius 2 is 2.00 bits per heavy atom. The molecular formula is C13H11BrN2O2. The molecule has 1 heterocycles. The summed E-state index contributed by atoms with van der Waals surface area (Å²) in [6, 6.07) is 10.0. The summed E-state index contributed by atoms with van der Waals surface area (Å²) in [4.78, 5) is 15.3. The number of benzene rings is 1. The van der Waals surface area contributed by atoms with Gasteiger partial charge in [-0.3, -0.25) is 4.98 Å². The maximum absolute atomic E-state index is 11.3. The lowest BCUT2D eigenvalue weighted by Crippen LogP contribution is -2.20. The molecule has 1 aromatic heterocycles. The lowest BCUT2D eigenvalue weighted by molar-refractivity contribution is -0.138. The number of carboxylic acids is 1. The number of carbonyl (C=O) groups is 1. The van der Waals surface area contributed by atoms with E-state index in [1.807, 2.05) is 18.2 Å². The van der Waals surface area contributed by atoms with Crippen LogP contribution in [-0.2, 0) is 4.79 Å². The van der Waals surface area contributed by atoms with Crippen molar-refractivity contribution in [1.82, 2.24) is 4.98 Å². The molecule has 0 aliphatic carbocycles. The Morgan fingerprint density at radius 1 is 1.28 bits per heavy atom. The van der Waals surface area contributed by atoms with Gasteiger partial charge in [-0.25, -0.2) is 4.79 Å². The molecule has 0 aliphatic rings. The molecule has 0 radical (unpaired) electrons. The van der Waals surface area contributed by atoms with Gasteiger partial charge in [-0.1, -0.05) is 30.3 Å². The third kappa shape index (κ3) is 3.07. The summed E-state index contributed by atoms with van der Waals surface area (Å²) in [6.45, 7) is 0. The molecule has 2 aromatic rings. The molecule has 0 amide bonds. The maximum atomic E-state index is 11.3. The van der Waals surface area contributed by atoms with Gasteiger partial charge in [0.25, 0.3) is 0 Å². The predicted molar refractivity (Wildman–Crippen MR) is 72.4 cm³/mol. The predicted octanol–water partition coefficient (Wildman–Crippen LogP) is 3.08. The summed E-state index contributed by atoms with van der Waals surface area (Å²) in [5.74, 6) is -0.929. The number of carboxylic acid groups (broad SMARTS) is 1. The summed E-state index contributed by atoms with van der Waals surface area (Å²) >= 11 is 3.30. The van der Waals surface area contributed by atoms with Crippen LogP contribution in [0.5, 0.6) is 0 Å². The summed E-state index contributed by atoms with van der Waals surface area (Å²) in [5, 5.41) is 12.2. The first kappa shape index (κ1) is 12.6. The van der Waals surface area contributed by atoms with Crippen LogP contribution in [0.25, 0.3) is 0 Å². The molecule has 0 bridgehead atoms. The molecule has 0 aliphatic heterocycles. The Balaban J connectivity index is 2.25. The van der Waals surface area contributed by atoms with Gasteiger partial charge in [-0.2, -0.15) is 0 Å². The zero-order chi connectivity index (χ0) is 13.0. The second-order valence-electron chi connectivity index (χ2n) is 3.72. The van der Waals surface area contributed by atoms with Crippen LogP contribution in [0.2, 0.25) is 0 Å².